The van der Waals surface area contributed by atoms with Gasteiger partial charge in [-0.25, -0.2) is 0 Å². The highest BCUT2D eigenvalue weighted by atomic mass is 32.2. The number of halogens is 6. The van der Waals surface area contributed by atoms with E-state index in [-0.39, 0.29) is 23.9 Å². The second-order valence-electron chi connectivity index (χ2n) is 6.36. The summed E-state index contributed by atoms with van der Waals surface area (Å²) in [4.78, 5) is 13.7. The summed E-state index contributed by atoms with van der Waals surface area (Å²) in [6, 6.07) is 6.00. The fourth-order valence-electron chi connectivity index (χ4n) is 2.92. The van der Waals surface area contributed by atoms with Crippen LogP contribution in [0.5, 0.6) is 5.75 Å². The largest absolute Gasteiger partial charge is 0.768 e. The van der Waals surface area contributed by atoms with E-state index in [1.807, 2.05) is 0 Å². The van der Waals surface area contributed by atoms with Crippen LogP contribution in [0.4, 0.5) is 32.0 Å². The van der Waals surface area contributed by atoms with Crippen LogP contribution >= 0.6 is 0 Å². The second kappa shape index (κ2) is 7.91. The molecule has 2 atom stereocenters. The number of carbonyl (C=O) groups excluding carboxylic acids is 1. The van der Waals surface area contributed by atoms with Crippen LogP contribution in [-0.2, 0) is 28.2 Å². The molecule has 1 fully saturated rings. The number of carbonyl (C=O) groups is 1. The topological polar surface area (TPSA) is 69.7 Å². The van der Waals surface area contributed by atoms with Crippen LogP contribution in [-0.4, -0.2) is 27.3 Å². The van der Waals surface area contributed by atoms with E-state index in [2.05, 4.69) is 0 Å². The summed E-state index contributed by atoms with van der Waals surface area (Å²) >= 11 is -2.46. The maximum atomic E-state index is 13.0. The van der Waals surface area contributed by atoms with Gasteiger partial charge in [-0.1, -0.05) is 0 Å². The Morgan fingerprint density at radius 2 is 1.50 bits per heavy atom. The van der Waals surface area contributed by atoms with Gasteiger partial charge in [0.2, 0.25) is 0 Å². The maximum absolute atomic E-state index is 13.0. The average Bonchev–Trinajstić information content (AvgIpc) is 3.00. The van der Waals surface area contributed by atoms with Crippen molar-refractivity contribution in [3.05, 3.63) is 53.6 Å². The summed E-state index contributed by atoms with van der Waals surface area (Å²) in [6.07, 6.45) is -11.3. The number of amides is 1. The Kier molecular flexibility index (Phi) is 5.83. The number of alkyl halides is 6. The van der Waals surface area contributed by atoms with Crippen molar-refractivity contribution in [3.8, 4) is 5.75 Å². The zero-order valence-corrected chi connectivity index (χ0v) is 15.6. The van der Waals surface area contributed by atoms with Crippen molar-refractivity contribution in [3.63, 3.8) is 0 Å². The molecular weight excluding hydrogens is 440 g/mol. The van der Waals surface area contributed by atoms with Crippen LogP contribution in [0, 0.1) is 0 Å². The first-order valence-corrected chi connectivity index (χ1v) is 9.40. The summed E-state index contributed by atoms with van der Waals surface area (Å²) in [5.74, 6) is -1.40. The van der Waals surface area contributed by atoms with Crippen molar-refractivity contribution < 1.29 is 44.6 Å². The molecule has 0 saturated carbocycles. The van der Waals surface area contributed by atoms with Crippen LogP contribution in [0.15, 0.2) is 47.4 Å². The number of rotatable bonds is 4. The summed E-state index contributed by atoms with van der Waals surface area (Å²) in [5.41, 5.74) is -2.77. The van der Waals surface area contributed by atoms with E-state index in [1.165, 1.54) is 29.2 Å². The zero-order valence-electron chi connectivity index (χ0n) is 14.8. The number of nitrogens with zero attached hydrogens (tertiary/aromatic N) is 1. The molecule has 5 nitrogen and oxygen atoms in total. The molecule has 0 N–H and O–H groups in total. The van der Waals surface area contributed by atoms with Gasteiger partial charge in [-0.3, -0.25) is 9.00 Å². The van der Waals surface area contributed by atoms with Crippen molar-refractivity contribution in [2.75, 3.05) is 11.4 Å². The van der Waals surface area contributed by atoms with Gasteiger partial charge in [-0.2, -0.15) is 26.3 Å². The predicted molar refractivity (Wildman–Crippen MR) is 91.5 cm³/mol. The van der Waals surface area contributed by atoms with Crippen molar-refractivity contribution in [1.82, 2.24) is 0 Å². The maximum Gasteiger partial charge on any atom is 0.416 e. The number of hydrogen-bond donors (Lipinski definition) is 0. The molecule has 0 radical (unpaired) electrons. The molecule has 162 valence electrons. The molecule has 0 bridgehead atoms. The molecular formula is C18H12F6NO4S-. The molecule has 12 heteroatoms. The van der Waals surface area contributed by atoms with Crippen LogP contribution in [0.3, 0.4) is 0 Å². The fraction of sp³-hybridized carbons (Fsp3) is 0.278. The van der Waals surface area contributed by atoms with Crippen LogP contribution in [0.2, 0.25) is 0 Å². The molecule has 1 aliphatic heterocycles. The van der Waals surface area contributed by atoms with E-state index in [0.717, 1.165) is 0 Å². The molecule has 2 aromatic carbocycles. The average molecular weight is 452 g/mol. The zero-order chi connectivity index (χ0) is 22.3. The fourth-order valence-corrected chi connectivity index (χ4v) is 3.27. The number of hydrogen-bond acceptors (Lipinski definition) is 4. The van der Waals surface area contributed by atoms with E-state index in [4.69, 9.17) is 4.74 Å². The van der Waals surface area contributed by atoms with Crippen molar-refractivity contribution in [1.29, 1.82) is 0 Å². The lowest BCUT2D eigenvalue weighted by Gasteiger charge is -2.19. The SMILES string of the molecule is O=C1C(Oc2cc(C(F)(F)F)cc(C(F)(F)F)c2)CCN1c1ccc(S(=O)[O-])cc1. The standard InChI is InChI=1S/C18H13F6NO4S/c19-17(20,21)10-7-11(18(22,23)24)9-13(8-10)29-15-5-6-25(16(15)26)12-1-3-14(4-2-12)30(27)28/h1-4,7-9,15H,5-6H2,(H,27,28)/p-1. The number of benzene rings is 2. The van der Waals surface area contributed by atoms with Gasteiger partial charge in [0.15, 0.2) is 6.10 Å². The first-order chi connectivity index (χ1) is 13.9. The van der Waals surface area contributed by atoms with Gasteiger partial charge in [0.1, 0.15) is 5.75 Å². The predicted octanol–water partition coefficient (Wildman–Crippen LogP) is 4.15. The minimum Gasteiger partial charge on any atom is -0.768 e. The van der Waals surface area contributed by atoms with Crippen LogP contribution < -0.4 is 9.64 Å². The molecule has 2 unspecified atom stereocenters. The van der Waals surface area contributed by atoms with E-state index in [9.17, 15) is 39.9 Å². The Bertz CT molecular complexity index is 942. The van der Waals surface area contributed by atoms with Gasteiger partial charge in [0.25, 0.3) is 5.91 Å². The summed E-state index contributed by atoms with van der Waals surface area (Å²) in [7, 11) is 0. The highest BCUT2D eigenvalue weighted by molar-refractivity contribution is 7.79. The van der Waals surface area contributed by atoms with E-state index in [1.54, 1.807) is 0 Å². The quantitative estimate of drug-likeness (QED) is 0.517. The van der Waals surface area contributed by atoms with Gasteiger partial charge >= 0.3 is 12.4 Å². The van der Waals surface area contributed by atoms with Crippen LogP contribution in [0.1, 0.15) is 17.5 Å². The molecule has 1 aliphatic rings. The number of anilines is 1. The normalized spacial score (nSPS) is 18.6. The summed E-state index contributed by atoms with van der Waals surface area (Å²) in [5, 5.41) is 0. The van der Waals surface area contributed by atoms with Gasteiger partial charge < -0.3 is 14.2 Å². The minimum absolute atomic E-state index is 0.0122. The summed E-state index contributed by atoms with van der Waals surface area (Å²) in [6.45, 7) is 0.0917. The Morgan fingerprint density at radius 1 is 0.967 bits per heavy atom. The van der Waals surface area contributed by atoms with Gasteiger partial charge in [0, 0.05) is 23.5 Å². The van der Waals surface area contributed by atoms with Crippen molar-refractivity contribution in [2.45, 2.75) is 29.8 Å². The Balaban J connectivity index is 1.83. The molecule has 0 aromatic heterocycles. The minimum atomic E-state index is -5.03. The highest BCUT2D eigenvalue weighted by Gasteiger charge is 2.39. The third-order valence-electron chi connectivity index (χ3n) is 4.34. The molecule has 3 rings (SSSR count). The lowest BCUT2D eigenvalue weighted by Crippen LogP contribution is -2.32. The third-order valence-corrected chi connectivity index (χ3v) is 4.99. The molecule has 30 heavy (non-hydrogen) atoms. The Morgan fingerprint density at radius 3 is 1.97 bits per heavy atom. The van der Waals surface area contributed by atoms with Gasteiger partial charge in [0.05, 0.1) is 11.1 Å². The van der Waals surface area contributed by atoms with Crippen molar-refractivity contribution >= 4 is 22.7 Å². The number of ether oxygens (including phenoxy) is 1. The van der Waals surface area contributed by atoms with E-state index >= 15 is 0 Å². The summed E-state index contributed by atoms with van der Waals surface area (Å²) < 4.78 is 105. The highest BCUT2D eigenvalue weighted by Crippen LogP contribution is 2.39. The van der Waals surface area contributed by atoms with Crippen molar-refractivity contribution in [2.24, 2.45) is 0 Å². The molecule has 1 saturated heterocycles. The lowest BCUT2D eigenvalue weighted by molar-refractivity contribution is -0.143. The first kappa shape index (κ1) is 22.1. The molecule has 0 spiro atoms. The smallest absolute Gasteiger partial charge is 0.416 e. The molecule has 1 heterocycles. The lowest BCUT2D eigenvalue weighted by atomic mass is 10.1. The Labute approximate surface area is 168 Å². The molecule has 1 amide bonds. The van der Waals surface area contributed by atoms with Gasteiger partial charge in [-0.15, -0.1) is 0 Å². The monoisotopic (exact) mass is 452 g/mol. The molecule has 0 aliphatic carbocycles. The second-order valence-corrected chi connectivity index (χ2v) is 7.30. The van der Waals surface area contributed by atoms with E-state index < -0.39 is 52.3 Å². The van der Waals surface area contributed by atoms with Gasteiger partial charge in [-0.05, 0) is 53.5 Å². The first-order valence-electron chi connectivity index (χ1n) is 8.33. The van der Waals surface area contributed by atoms with E-state index in [0.29, 0.717) is 17.8 Å². The third kappa shape index (κ3) is 4.75. The van der Waals surface area contributed by atoms with Crippen LogP contribution in [0.25, 0.3) is 0 Å². The Hall–Kier alpha value is -2.60. The molecule has 2 aromatic rings.